The van der Waals surface area contributed by atoms with Gasteiger partial charge in [0, 0.05) is 0 Å². The number of methoxy groups -OCH3 is 1. The van der Waals surface area contributed by atoms with E-state index >= 15 is 0 Å². The number of nitrogens with zero attached hydrogens (tertiary/aromatic N) is 1. The Kier molecular flexibility index (Phi) is 2.28. The molecule has 1 N–H and O–H groups in total. The minimum Gasteiger partial charge on any atom is -0.491 e. The van der Waals surface area contributed by atoms with E-state index in [1.165, 1.54) is 12.6 Å². The Morgan fingerprint density at radius 3 is 3.00 bits per heavy atom. The van der Waals surface area contributed by atoms with E-state index in [9.17, 15) is 9.18 Å². The van der Waals surface area contributed by atoms with Gasteiger partial charge in [0.25, 0.3) is 0 Å². The highest BCUT2D eigenvalue weighted by Crippen LogP contribution is 2.33. The first kappa shape index (κ1) is 9.85. The number of halogens is 1. The number of carboxylic acid groups (broad SMARTS) is 1. The van der Waals surface area contributed by atoms with Gasteiger partial charge < -0.3 is 9.84 Å². The quantitative estimate of drug-likeness (QED) is 0.853. The Bertz CT molecular complexity index is 537. The number of thiazole rings is 1. The summed E-state index contributed by atoms with van der Waals surface area (Å²) in [5, 5.41) is 8.86. The minimum atomic E-state index is -1.18. The largest absolute Gasteiger partial charge is 0.491 e. The summed E-state index contributed by atoms with van der Waals surface area (Å²) in [5.74, 6) is -1.91. The van der Waals surface area contributed by atoms with Gasteiger partial charge in [0.1, 0.15) is 5.52 Å². The standard InChI is InChI=1S/C9H6FNO3S/c1-14-7-5(10)2-4(9(12)13)8-6(7)11-3-15-8/h2-3H,1H3,(H,12,13). The molecule has 1 aromatic carbocycles. The second-order valence-electron chi connectivity index (χ2n) is 2.77. The molecular formula is C9H6FNO3S. The average molecular weight is 227 g/mol. The molecule has 0 spiro atoms. The van der Waals surface area contributed by atoms with Gasteiger partial charge in [0.05, 0.1) is 22.9 Å². The zero-order chi connectivity index (χ0) is 11.0. The summed E-state index contributed by atoms with van der Waals surface area (Å²) < 4.78 is 18.6. The molecule has 0 fully saturated rings. The Balaban J connectivity index is 2.86. The molecule has 0 aliphatic rings. The maximum atomic E-state index is 13.4. The Morgan fingerprint density at radius 1 is 1.67 bits per heavy atom. The van der Waals surface area contributed by atoms with Crippen LogP contribution in [0.15, 0.2) is 11.6 Å². The fraction of sp³-hybridized carbons (Fsp3) is 0.111. The molecule has 1 aromatic heterocycles. The molecule has 0 atom stereocenters. The fourth-order valence-electron chi connectivity index (χ4n) is 1.32. The van der Waals surface area contributed by atoms with Crippen LogP contribution in [0.5, 0.6) is 5.75 Å². The molecule has 0 amide bonds. The van der Waals surface area contributed by atoms with Crippen LogP contribution in [0, 0.1) is 5.82 Å². The smallest absolute Gasteiger partial charge is 0.337 e. The highest BCUT2D eigenvalue weighted by molar-refractivity contribution is 7.17. The number of carboxylic acids is 1. The molecule has 6 heteroatoms. The van der Waals surface area contributed by atoms with Gasteiger partial charge >= 0.3 is 5.97 Å². The second-order valence-corrected chi connectivity index (χ2v) is 3.63. The number of aromatic nitrogens is 1. The maximum Gasteiger partial charge on any atom is 0.337 e. The van der Waals surface area contributed by atoms with Crippen molar-refractivity contribution in [1.29, 1.82) is 0 Å². The first-order valence-electron chi connectivity index (χ1n) is 3.98. The van der Waals surface area contributed by atoms with Crippen LogP contribution in [-0.2, 0) is 0 Å². The summed E-state index contributed by atoms with van der Waals surface area (Å²) in [6, 6.07) is 0.946. The van der Waals surface area contributed by atoms with Crippen molar-refractivity contribution in [2.45, 2.75) is 0 Å². The van der Waals surface area contributed by atoms with Crippen LogP contribution in [0.1, 0.15) is 10.4 Å². The van der Waals surface area contributed by atoms with Gasteiger partial charge in [0.15, 0.2) is 11.6 Å². The third-order valence-corrected chi connectivity index (χ3v) is 2.81. The number of rotatable bonds is 2. The highest BCUT2D eigenvalue weighted by atomic mass is 32.1. The Morgan fingerprint density at radius 2 is 2.40 bits per heavy atom. The fourth-order valence-corrected chi connectivity index (χ4v) is 2.12. The molecule has 0 saturated heterocycles. The molecule has 0 radical (unpaired) electrons. The first-order chi connectivity index (χ1) is 7.15. The van der Waals surface area contributed by atoms with Crippen molar-refractivity contribution in [2.75, 3.05) is 7.11 Å². The van der Waals surface area contributed by atoms with Crippen molar-refractivity contribution < 1.29 is 19.0 Å². The Hall–Kier alpha value is -1.69. The van der Waals surface area contributed by atoms with Gasteiger partial charge in [-0.25, -0.2) is 14.2 Å². The monoisotopic (exact) mass is 227 g/mol. The zero-order valence-electron chi connectivity index (χ0n) is 7.65. The summed E-state index contributed by atoms with van der Waals surface area (Å²) in [5.41, 5.74) is 1.62. The van der Waals surface area contributed by atoms with Gasteiger partial charge in [-0.3, -0.25) is 0 Å². The molecule has 0 unspecified atom stereocenters. The normalized spacial score (nSPS) is 10.5. The van der Waals surface area contributed by atoms with E-state index in [0.717, 1.165) is 17.4 Å². The van der Waals surface area contributed by atoms with E-state index in [-0.39, 0.29) is 16.8 Å². The maximum absolute atomic E-state index is 13.4. The molecule has 0 saturated carbocycles. The number of hydrogen-bond donors (Lipinski definition) is 1. The van der Waals surface area contributed by atoms with Crippen molar-refractivity contribution in [3.8, 4) is 5.75 Å². The van der Waals surface area contributed by atoms with Crippen LogP contribution in [0.4, 0.5) is 4.39 Å². The van der Waals surface area contributed by atoms with E-state index in [1.54, 1.807) is 0 Å². The molecule has 15 heavy (non-hydrogen) atoms. The average Bonchev–Trinajstić information content (AvgIpc) is 2.64. The van der Waals surface area contributed by atoms with Crippen LogP contribution in [0.3, 0.4) is 0 Å². The van der Waals surface area contributed by atoms with E-state index in [2.05, 4.69) is 4.98 Å². The van der Waals surface area contributed by atoms with Crippen LogP contribution in [0.2, 0.25) is 0 Å². The summed E-state index contributed by atoms with van der Waals surface area (Å²) in [6.45, 7) is 0. The minimum absolute atomic E-state index is 0.0174. The van der Waals surface area contributed by atoms with Crippen LogP contribution in [-0.4, -0.2) is 23.2 Å². The van der Waals surface area contributed by atoms with Gasteiger partial charge in [0.2, 0.25) is 0 Å². The second kappa shape index (κ2) is 3.47. The summed E-state index contributed by atoms with van der Waals surface area (Å²) >= 11 is 1.14. The van der Waals surface area contributed by atoms with E-state index in [0.29, 0.717) is 4.70 Å². The first-order valence-corrected chi connectivity index (χ1v) is 4.86. The highest BCUT2D eigenvalue weighted by Gasteiger charge is 2.18. The topological polar surface area (TPSA) is 59.4 Å². The number of hydrogen-bond acceptors (Lipinski definition) is 4. The predicted octanol–water partition coefficient (Wildman–Crippen LogP) is 2.14. The van der Waals surface area contributed by atoms with E-state index in [1.807, 2.05) is 0 Å². The van der Waals surface area contributed by atoms with Crippen molar-refractivity contribution in [1.82, 2.24) is 4.98 Å². The Labute approximate surface area is 87.9 Å². The van der Waals surface area contributed by atoms with Gasteiger partial charge in [-0.2, -0.15) is 0 Å². The summed E-state index contributed by atoms with van der Waals surface area (Å²) in [7, 11) is 1.32. The van der Waals surface area contributed by atoms with Crippen molar-refractivity contribution in [3.05, 3.63) is 23.0 Å². The third-order valence-electron chi connectivity index (χ3n) is 1.95. The lowest BCUT2D eigenvalue weighted by molar-refractivity contribution is 0.0698. The molecule has 1 heterocycles. The molecule has 78 valence electrons. The molecule has 0 bridgehead atoms. The number of benzene rings is 1. The molecule has 2 rings (SSSR count). The van der Waals surface area contributed by atoms with Crippen molar-refractivity contribution >= 4 is 27.5 Å². The lowest BCUT2D eigenvalue weighted by Gasteiger charge is -2.04. The van der Waals surface area contributed by atoms with Gasteiger partial charge in [-0.05, 0) is 6.07 Å². The van der Waals surface area contributed by atoms with Crippen LogP contribution in [0.25, 0.3) is 10.2 Å². The van der Waals surface area contributed by atoms with E-state index < -0.39 is 11.8 Å². The van der Waals surface area contributed by atoms with Gasteiger partial charge in [-0.1, -0.05) is 0 Å². The molecule has 0 aliphatic heterocycles. The van der Waals surface area contributed by atoms with Crippen LogP contribution < -0.4 is 4.74 Å². The zero-order valence-corrected chi connectivity index (χ0v) is 8.47. The summed E-state index contributed by atoms with van der Waals surface area (Å²) in [6.07, 6.45) is 0. The van der Waals surface area contributed by atoms with Crippen LogP contribution >= 0.6 is 11.3 Å². The summed E-state index contributed by atoms with van der Waals surface area (Å²) in [4.78, 5) is 14.7. The molecule has 0 aliphatic carbocycles. The third kappa shape index (κ3) is 1.42. The number of aromatic carboxylic acids is 1. The predicted molar refractivity (Wildman–Crippen MR) is 53.1 cm³/mol. The van der Waals surface area contributed by atoms with E-state index in [4.69, 9.17) is 9.84 Å². The molecular weight excluding hydrogens is 221 g/mol. The number of fused-ring (bicyclic) bond motifs is 1. The molecule has 2 aromatic rings. The SMILES string of the molecule is COc1c(F)cc(C(=O)O)c2scnc12. The number of ether oxygens (including phenoxy) is 1. The molecule has 4 nitrogen and oxygen atoms in total. The lowest BCUT2D eigenvalue weighted by atomic mass is 10.2. The van der Waals surface area contributed by atoms with Crippen molar-refractivity contribution in [3.63, 3.8) is 0 Å². The lowest BCUT2D eigenvalue weighted by Crippen LogP contribution is -1.99. The van der Waals surface area contributed by atoms with Crippen molar-refractivity contribution in [2.24, 2.45) is 0 Å². The number of carbonyl (C=O) groups is 1. The van der Waals surface area contributed by atoms with Gasteiger partial charge in [-0.15, -0.1) is 11.3 Å².